The van der Waals surface area contributed by atoms with Crippen molar-refractivity contribution in [1.82, 2.24) is 15.2 Å². The standard InChI is InChI=1S/C20H26N4O3/c1-26-11-12-27-19-8-7-17(13-21-19)22-20(25)23-18-9-10-24(15-18)14-16-5-3-2-4-6-16/h2-8,13,18H,9-12,14-15H2,1H3,(H2,22,23,25)/t18-/m1/s1. The van der Waals surface area contributed by atoms with E-state index < -0.39 is 0 Å². The normalized spacial score (nSPS) is 16.9. The van der Waals surface area contributed by atoms with Crippen LogP contribution in [0, 0.1) is 0 Å². The predicted molar refractivity (Wildman–Crippen MR) is 104 cm³/mol. The van der Waals surface area contributed by atoms with Crippen molar-refractivity contribution in [2.45, 2.75) is 19.0 Å². The lowest BCUT2D eigenvalue weighted by Crippen LogP contribution is -2.39. The number of likely N-dealkylation sites (tertiary alicyclic amines) is 1. The quantitative estimate of drug-likeness (QED) is 0.699. The summed E-state index contributed by atoms with van der Waals surface area (Å²) in [5.74, 6) is 0.505. The summed E-state index contributed by atoms with van der Waals surface area (Å²) in [6, 6.07) is 13.8. The minimum absolute atomic E-state index is 0.151. The Balaban J connectivity index is 1.40. The lowest BCUT2D eigenvalue weighted by Gasteiger charge is -2.17. The number of hydrogen-bond donors (Lipinski definition) is 2. The Morgan fingerprint density at radius 2 is 2.07 bits per heavy atom. The Morgan fingerprint density at radius 1 is 1.22 bits per heavy atom. The summed E-state index contributed by atoms with van der Waals surface area (Å²) < 4.78 is 10.3. The molecule has 1 fully saturated rings. The molecule has 2 amide bonds. The van der Waals surface area contributed by atoms with Crippen LogP contribution in [0.15, 0.2) is 48.7 Å². The van der Waals surface area contributed by atoms with E-state index in [0.29, 0.717) is 24.8 Å². The smallest absolute Gasteiger partial charge is 0.319 e. The molecule has 1 atom stereocenters. The zero-order valence-corrected chi connectivity index (χ0v) is 15.6. The molecule has 7 heteroatoms. The summed E-state index contributed by atoms with van der Waals surface area (Å²) in [6.07, 6.45) is 2.53. The molecule has 0 radical (unpaired) electrons. The molecule has 1 aromatic heterocycles. The van der Waals surface area contributed by atoms with E-state index in [1.165, 1.54) is 5.56 Å². The largest absolute Gasteiger partial charge is 0.475 e. The van der Waals surface area contributed by atoms with Crippen molar-refractivity contribution in [2.75, 3.05) is 38.7 Å². The van der Waals surface area contributed by atoms with Crippen LogP contribution in [0.1, 0.15) is 12.0 Å². The average Bonchev–Trinajstić information content (AvgIpc) is 3.11. The first-order chi connectivity index (χ1) is 13.2. The molecule has 1 aliphatic rings. The van der Waals surface area contributed by atoms with Gasteiger partial charge in [0.05, 0.1) is 18.5 Å². The molecule has 1 saturated heterocycles. The summed E-state index contributed by atoms with van der Waals surface area (Å²) in [5, 5.41) is 5.85. The van der Waals surface area contributed by atoms with Crippen LogP contribution in [0.2, 0.25) is 0 Å². The van der Waals surface area contributed by atoms with Crippen LogP contribution in [-0.2, 0) is 11.3 Å². The van der Waals surface area contributed by atoms with E-state index in [-0.39, 0.29) is 12.1 Å². The topological polar surface area (TPSA) is 75.7 Å². The predicted octanol–water partition coefficient (Wildman–Crippen LogP) is 2.50. The van der Waals surface area contributed by atoms with Gasteiger partial charge in [-0.3, -0.25) is 4.90 Å². The summed E-state index contributed by atoms with van der Waals surface area (Å²) in [4.78, 5) is 18.7. The first kappa shape index (κ1) is 19.1. The summed E-state index contributed by atoms with van der Waals surface area (Å²) in [7, 11) is 1.62. The number of pyridine rings is 1. The molecule has 27 heavy (non-hydrogen) atoms. The van der Waals surface area contributed by atoms with Gasteiger partial charge in [-0.05, 0) is 18.1 Å². The van der Waals surface area contributed by atoms with Crippen molar-refractivity contribution in [1.29, 1.82) is 0 Å². The lowest BCUT2D eigenvalue weighted by molar-refractivity contribution is 0.144. The highest BCUT2D eigenvalue weighted by Gasteiger charge is 2.23. The molecule has 7 nitrogen and oxygen atoms in total. The Bertz CT molecular complexity index is 709. The summed E-state index contributed by atoms with van der Waals surface area (Å²) in [6.45, 7) is 3.70. The lowest BCUT2D eigenvalue weighted by atomic mass is 10.2. The molecule has 0 aliphatic carbocycles. The number of benzene rings is 1. The molecular weight excluding hydrogens is 344 g/mol. The molecule has 2 N–H and O–H groups in total. The van der Waals surface area contributed by atoms with Crippen molar-refractivity contribution in [2.24, 2.45) is 0 Å². The molecule has 0 bridgehead atoms. The molecule has 2 aromatic rings. The van der Waals surface area contributed by atoms with Gasteiger partial charge >= 0.3 is 6.03 Å². The Morgan fingerprint density at radius 3 is 2.81 bits per heavy atom. The zero-order chi connectivity index (χ0) is 18.9. The van der Waals surface area contributed by atoms with E-state index in [0.717, 1.165) is 26.1 Å². The van der Waals surface area contributed by atoms with Gasteiger partial charge in [0.25, 0.3) is 0 Å². The van der Waals surface area contributed by atoms with Gasteiger partial charge in [-0.2, -0.15) is 0 Å². The average molecular weight is 370 g/mol. The van der Waals surface area contributed by atoms with Gasteiger partial charge < -0.3 is 20.1 Å². The van der Waals surface area contributed by atoms with Gasteiger partial charge in [-0.1, -0.05) is 30.3 Å². The number of amides is 2. The third kappa shape index (κ3) is 6.23. The molecule has 0 saturated carbocycles. The van der Waals surface area contributed by atoms with Crippen molar-refractivity contribution in [3.05, 3.63) is 54.2 Å². The number of ether oxygens (including phenoxy) is 2. The highest BCUT2D eigenvalue weighted by Crippen LogP contribution is 2.14. The maximum Gasteiger partial charge on any atom is 0.319 e. The number of urea groups is 1. The number of carbonyl (C=O) groups excluding carboxylic acids is 1. The summed E-state index contributed by atoms with van der Waals surface area (Å²) >= 11 is 0. The number of rotatable bonds is 8. The number of nitrogens with zero attached hydrogens (tertiary/aromatic N) is 2. The van der Waals surface area contributed by atoms with Crippen LogP contribution in [-0.4, -0.2) is 55.4 Å². The minimum Gasteiger partial charge on any atom is -0.475 e. The van der Waals surface area contributed by atoms with Crippen molar-refractivity contribution in [3.63, 3.8) is 0 Å². The van der Waals surface area contributed by atoms with Crippen LogP contribution in [0.5, 0.6) is 5.88 Å². The molecule has 0 spiro atoms. The van der Waals surface area contributed by atoms with E-state index in [4.69, 9.17) is 9.47 Å². The molecule has 144 valence electrons. The first-order valence-corrected chi connectivity index (χ1v) is 9.14. The van der Waals surface area contributed by atoms with Gasteiger partial charge in [0.15, 0.2) is 0 Å². The van der Waals surface area contributed by atoms with Gasteiger partial charge in [-0.15, -0.1) is 0 Å². The Hall–Kier alpha value is -2.64. The molecule has 3 rings (SSSR count). The second kappa shape index (κ2) is 9.89. The van der Waals surface area contributed by atoms with Gasteiger partial charge in [0.1, 0.15) is 6.61 Å². The maximum atomic E-state index is 12.2. The molecule has 1 aromatic carbocycles. The third-order valence-electron chi connectivity index (χ3n) is 4.39. The van der Waals surface area contributed by atoms with E-state index in [1.54, 1.807) is 25.4 Å². The van der Waals surface area contributed by atoms with Crippen LogP contribution in [0.25, 0.3) is 0 Å². The van der Waals surface area contributed by atoms with Crippen molar-refractivity contribution >= 4 is 11.7 Å². The molecule has 1 aliphatic heterocycles. The first-order valence-electron chi connectivity index (χ1n) is 9.14. The number of carbonyl (C=O) groups is 1. The van der Waals surface area contributed by atoms with E-state index >= 15 is 0 Å². The zero-order valence-electron chi connectivity index (χ0n) is 15.6. The Labute approximate surface area is 159 Å². The van der Waals surface area contributed by atoms with Crippen LogP contribution < -0.4 is 15.4 Å². The molecule has 0 unspecified atom stereocenters. The maximum absolute atomic E-state index is 12.2. The number of anilines is 1. The van der Waals surface area contributed by atoms with Crippen molar-refractivity contribution < 1.29 is 14.3 Å². The minimum atomic E-state index is -0.212. The number of hydrogen-bond acceptors (Lipinski definition) is 5. The second-order valence-electron chi connectivity index (χ2n) is 6.53. The fourth-order valence-corrected chi connectivity index (χ4v) is 3.06. The second-order valence-corrected chi connectivity index (χ2v) is 6.53. The molecular formula is C20H26N4O3. The molecule has 2 heterocycles. The van der Waals surface area contributed by atoms with Crippen LogP contribution in [0.3, 0.4) is 0 Å². The van der Waals surface area contributed by atoms with Crippen molar-refractivity contribution in [3.8, 4) is 5.88 Å². The number of aromatic nitrogens is 1. The Kier molecular flexibility index (Phi) is 7.01. The fraction of sp³-hybridized carbons (Fsp3) is 0.400. The van der Waals surface area contributed by atoms with Crippen LogP contribution in [0.4, 0.5) is 10.5 Å². The summed E-state index contributed by atoms with van der Waals surface area (Å²) in [5.41, 5.74) is 1.92. The highest BCUT2D eigenvalue weighted by molar-refractivity contribution is 5.89. The van der Waals surface area contributed by atoms with E-state index in [9.17, 15) is 4.79 Å². The van der Waals surface area contributed by atoms with Gasteiger partial charge in [-0.25, -0.2) is 9.78 Å². The van der Waals surface area contributed by atoms with E-state index in [1.807, 2.05) is 6.07 Å². The number of methoxy groups -OCH3 is 1. The van der Waals surface area contributed by atoms with Gasteiger partial charge in [0, 0.05) is 38.9 Å². The monoisotopic (exact) mass is 370 g/mol. The SMILES string of the molecule is COCCOc1ccc(NC(=O)N[C@@H]2CCN(Cc3ccccc3)C2)cn1. The highest BCUT2D eigenvalue weighted by atomic mass is 16.5. The fourth-order valence-electron chi connectivity index (χ4n) is 3.06. The number of nitrogens with one attached hydrogen (secondary N) is 2. The van der Waals surface area contributed by atoms with Gasteiger partial charge in [0.2, 0.25) is 5.88 Å². The third-order valence-corrected chi connectivity index (χ3v) is 4.39. The van der Waals surface area contributed by atoms with Crippen LogP contribution >= 0.6 is 0 Å². The van der Waals surface area contributed by atoms with E-state index in [2.05, 4.69) is 44.8 Å².